The van der Waals surface area contributed by atoms with Crippen LogP contribution in [0.25, 0.3) is 10.9 Å². The van der Waals surface area contributed by atoms with Crippen molar-refractivity contribution < 1.29 is 14.3 Å². The van der Waals surface area contributed by atoms with Crippen LogP contribution in [0.1, 0.15) is 21.5 Å². The Kier molecular flexibility index (Phi) is 4.99. The molecule has 0 saturated heterocycles. The fourth-order valence-corrected chi connectivity index (χ4v) is 2.61. The Labute approximate surface area is 145 Å². The quantitative estimate of drug-likeness (QED) is 0.645. The van der Waals surface area contributed by atoms with Crippen LogP contribution in [0.2, 0.25) is 0 Å². The standard InChI is InChI=1S/C19H19N3O3/c20-18(23)14-6-7-17-16(10-14)15(11-22-17)8-9-21-19(24)25-12-13-4-2-1-3-5-13/h1-7,10-11,22H,8-9,12H2,(H2,20,23)(H,21,24). The number of benzene rings is 2. The lowest BCUT2D eigenvalue weighted by Gasteiger charge is -2.07. The number of H-pyrrole nitrogens is 1. The van der Waals surface area contributed by atoms with Crippen molar-refractivity contribution in [3.8, 4) is 0 Å². The van der Waals surface area contributed by atoms with Crippen molar-refractivity contribution in [2.24, 2.45) is 5.73 Å². The van der Waals surface area contributed by atoms with E-state index in [1.54, 1.807) is 12.1 Å². The second kappa shape index (κ2) is 7.53. The van der Waals surface area contributed by atoms with Gasteiger partial charge in [-0.2, -0.15) is 0 Å². The highest BCUT2D eigenvalue weighted by Gasteiger charge is 2.08. The number of nitrogens with two attached hydrogens (primary N) is 1. The summed E-state index contributed by atoms with van der Waals surface area (Å²) in [7, 11) is 0. The Morgan fingerprint density at radius 1 is 1.12 bits per heavy atom. The molecule has 1 heterocycles. The van der Waals surface area contributed by atoms with E-state index in [0.29, 0.717) is 18.5 Å². The van der Waals surface area contributed by atoms with Gasteiger partial charge in [0, 0.05) is 29.2 Å². The van der Waals surface area contributed by atoms with Crippen molar-refractivity contribution in [2.75, 3.05) is 6.54 Å². The van der Waals surface area contributed by atoms with Gasteiger partial charge in [0.1, 0.15) is 6.61 Å². The number of fused-ring (bicyclic) bond motifs is 1. The number of aromatic amines is 1. The second-order valence-electron chi connectivity index (χ2n) is 5.68. The maximum absolute atomic E-state index is 11.7. The number of ether oxygens (including phenoxy) is 1. The zero-order chi connectivity index (χ0) is 17.6. The van der Waals surface area contributed by atoms with E-state index < -0.39 is 12.0 Å². The van der Waals surface area contributed by atoms with Crippen molar-refractivity contribution in [2.45, 2.75) is 13.0 Å². The Morgan fingerprint density at radius 3 is 2.68 bits per heavy atom. The molecular formula is C19H19N3O3. The maximum atomic E-state index is 11.7. The van der Waals surface area contributed by atoms with Gasteiger partial charge in [-0.05, 0) is 35.7 Å². The topological polar surface area (TPSA) is 97.2 Å². The van der Waals surface area contributed by atoms with Crippen LogP contribution in [0, 0.1) is 0 Å². The van der Waals surface area contributed by atoms with E-state index in [4.69, 9.17) is 10.5 Å². The monoisotopic (exact) mass is 337 g/mol. The maximum Gasteiger partial charge on any atom is 0.407 e. The molecule has 0 radical (unpaired) electrons. The van der Waals surface area contributed by atoms with E-state index in [0.717, 1.165) is 22.0 Å². The highest BCUT2D eigenvalue weighted by Crippen LogP contribution is 2.20. The molecule has 0 fully saturated rings. The minimum atomic E-state index is -0.461. The van der Waals surface area contributed by atoms with Crippen molar-refractivity contribution >= 4 is 22.9 Å². The third-order valence-corrected chi connectivity index (χ3v) is 3.93. The molecule has 0 aliphatic carbocycles. The molecule has 3 aromatic rings. The van der Waals surface area contributed by atoms with Crippen molar-refractivity contribution in [3.63, 3.8) is 0 Å². The lowest BCUT2D eigenvalue weighted by atomic mass is 10.1. The third kappa shape index (κ3) is 4.17. The van der Waals surface area contributed by atoms with E-state index in [2.05, 4.69) is 10.3 Å². The predicted molar refractivity (Wildman–Crippen MR) is 95.2 cm³/mol. The van der Waals surface area contributed by atoms with Crippen LogP contribution in [0.5, 0.6) is 0 Å². The number of nitrogens with one attached hydrogen (secondary N) is 2. The van der Waals surface area contributed by atoms with Crippen LogP contribution < -0.4 is 11.1 Å². The summed E-state index contributed by atoms with van der Waals surface area (Å²) in [5.74, 6) is -0.461. The number of alkyl carbamates (subject to hydrolysis) is 1. The van der Waals surface area contributed by atoms with Gasteiger partial charge in [-0.3, -0.25) is 4.79 Å². The summed E-state index contributed by atoms with van der Waals surface area (Å²) in [4.78, 5) is 26.2. The summed E-state index contributed by atoms with van der Waals surface area (Å²) in [5.41, 5.74) is 8.65. The van der Waals surface area contributed by atoms with Crippen LogP contribution in [0.15, 0.2) is 54.7 Å². The number of carbonyl (C=O) groups is 2. The minimum absolute atomic E-state index is 0.238. The third-order valence-electron chi connectivity index (χ3n) is 3.93. The first-order valence-corrected chi connectivity index (χ1v) is 7.98. The predicted octanol–water partition coefficient (Wildman–Crippen LogP) is 2.74. The van der Waals surface area contributed by atoms with E-state index in [1.807, 2.05) is 42.6 Å². The van der Waals surface area contributed by atoms with Gasteiger partial charge in [-0.1, -0.05) is 30.3 Å². The lowest BCUT2D eigenvalue weighted by Crippen LogP contribution is -2.26. The molecule has 25 heavy (non-hydrogen) atoms. The molecule has 0 saturated carbocycles. The summed E-state index contributed by atoms with van der Waals surface area (Å²) < 4.78 is 5.17. The number of rotatable bonds is 6. The van der Waals surface area contributed by atoms with Gasteiger partial charge < -0.3 is 20.8 Å². The van der Waals surface area contributed by atoms with Crippen molar-refractivity contribution in [1.82, 2.24) is 10.3 Å². The molecule has 2 amide bonds. The fraction of sp³-hybridized carbons (Fsp3) is 0.158. The van der Waals surface area contributed by atoms with Gasteiger partial charge in [-0.25, -0.2) is 4.79 Å². The SMILES string of the molecule is NC(=O)c1ccc2[nH]cc(CCNC(=O)OCc3ccccc3)c2c1. The molecule has 0 bridgehead atoms. The number of carbonyl (C=O) groups excluding carboxylic acids is 2. The van der Waals surface area contributed by atoms with E-state index in [9.17, 15) is 9.59 Å². The summed E-state index contributed by atoms with van der Waals surface area (Å²) in [5, 5.41) is 3.65. The van der Waals surface area contributed by atoms with Gasteiger partial charge in [0.25, 0.3) is 0 Å². The summed E-state index contributed by atoms with van der Waals surface area (Å²) in [6.45, 7) is 0.670. The Morgan fingerprint density at radius 2 is 1.92 bits per heavy atom. The molecule has 0 aliphatic heterocycles. The average molecular weight is 337 g/mol. The lowest BCUT2D eigenvalue weighted by molar-refractivity contribution is 0.100. The zero-order valence-corrected chi connectivity index (χ0v) is 13.6. The van der Waals surface area contributed by atoms with Crippen LogP contribution in [0.4, 0.5) is 4.79 Å². The summed E-state index contributed by atoms with van der Waals surface area (Å²) in [6.07, 6.45) is 2.02. The van der Waals surface area contributed by atoms with Gasteiger partial charge in [-0.15, -0.1) is 0 Å². The summed E-state index contributed by atoms with van der Waals surface area (Å²) >= 11 is 0. The average Bonchev–Trinajstić information content (AvgIpc) is 3.03. The smallest absolute Gasteiger partial charge is 0.407 e. The number of hydrogen-bond acceptors (Lipinski definition) is 3. The van der Waals surface area contributed by atoms with Crippen LogP contribution in [-0.4, -0.2) is 23.5 Å². The molecule has 1 aromatic heterocycles. The van der Waals surface area contributed by atoms with Crippen molar-refractivity contribution in [3.05, 3.63) is 71.4 Å². The molecule has 0 atom stereocenters. The highest BCUT2D eigenvalue weighted by atomic mass is 16.5. The van der Waals surface area contributed by atoms with Gasteiger partial charge in [0.15, 0.2) is 0 Å². The molecule has 128 valence electrons. The molecule has 0 unspecified atom stereocenters. The normalized spacial score (nSPS) is 10.6. The minimum Gasteiger partial charge on any atom is -0.445 e. The number of amides is 2. The summed E-state index contributed by atoms with van der Waals surface area (Å²) in [6, 6.07) is 14.8. The first kappa shape index (κ1) is 16.6. The molecule has 2 aromatic carbocycles. The molecule has 3 rings (SSSR count). The first-order valence-electron chi connectivity index (χ1n) is 7.98. The van der Waals surface area contributed by atoms with Crippen LogP contribution in [0.3, 0.4) is 0 Å². The fourth-order valence-electron chi connectivity index (χ4n) is 2.61. The second-order valence-corrected chi connectivity index (χ2v) is 5.68. The molecule has 6 nitrogen and oxygen atoms in total. The van der Waals surface area contributed by atoms with E-state index in [-0.39, 0.29) is 6.61 Å². The van der Waals surface area contributed by atoms with E-state index in [1.165, 1.54) is 0 Å². The Hall–Kier alpha value is -3.28. The number of primary amides is 1. The molecule has 0 aliphatic rings. The zero-order valence-electron chi connectivity index (χ0n) is 13.6. The molecular weight excluding hydrogens is 318 g/mol. The molecule has 0 spiro atoms. The largest absolute Gasteiger partial charge is 0.445 e. The number of hydrogen-bond donors (Lipinski definition) is 3. The highest BCUT2D eigenvalue weighted by molar-refractivity contribution is 5.97. The van der Waals surface area contributed by atoms with Gasteiger partial charge in [0.05, 0.1) is 0 Å². The first-order chi connectivity index (χ1) is 12.1. The van der Waals surface area contributed by atoms with E-state index >= 15 is 0 Å². The van der Waals surface area contributed by atoms with Crippen LogP contribution in [-0.2, 0) is 17.8 Å². The van der Waals surface area contributed by atoms with Crippen molar-refractivity contribution in [1.29, 1.82) is 0 Å². The number of aromatic nitrogens is 1. The Balaban J connectivity index is 1.53. The molecule has 6 heteroatoms. The van der Waals surface area contributed by atoms with Gasteiger partial charge >= 0.3 is 6.09 Å². The van der Waals surface area contributed by atoms with Crippen LogP contribution >= 0.6 is 0 Å². The Bertz CT molecular complexity index is 887. The van der Waals surface area contributed by atoms with Gasteiger partial charge in [0.2, 0.25) is 5.91 Å². The molecule has 4 N–H and O–H groups in total.